The molecule has 2 heterocycles. The number of hydrogen-bond acceptors (Lipinski definition) is 5. The SMILES string of the molecule is O=C(N[C@H](CN1CCCC1)[C@H](O)c1ccc(OC2CC2)c(Cl)c1)[C@@H]1CCN(c2ccccc2)C1. The number of carbonyl (C=O) groups is 1. The third kappa shape index (κ3) is 5.68. The number of rotatable bonds is 9. The van der Waals surface area contributed by atoms with Crippen LogP contribution >= 0.6 is 11.6 Å². The summed E-state index contributed by atoms with van der Waals surface area (Å²) in [5.41, 5.74) is 1.85. The Kier molecular flexibility index (Phi) is 7.28. The minimum atomic E-state index is -0.844. The van der Waals surface area contributed by atoms with Crippen LogP contribution in [0, 0.1) is 5.92 Å². The Morgan fingerprint density at radius 2 is 1.85 bits per heavy atom. The molecule has 2 aliphatic heterocycles. The van der Waals surface area contributed by atoms with Crippen LogP contribution in [0.3, 0.4) is 0 Å². The maximum atomic E-state index is 13.3. The molecule has 0 spiro atoms. The standard InChI is InChI=1S/C27H34ClN3O3/c28-23-16-19(8-11-25(23)34-22-9-10-22)26(32)24(18-30-13-4-5-14-30)29-27(33)20-12-15-31(17-20)21-6-2-1-3-7-21/h1-3,6-8,11,16,20,22,24,26,32H,4-5,9-10,12-15,17-18H2,(H,29,33)/t20-,24-,26-/m1/s1. The van der Waals surface area contributed by atoms with Gasteiger partial charge in [-0.05, 0) is 75.0 Å². The Labute approximate surface area is 206 Å². The lowest BCUT2D eigenvalue weighted by Gasteiger charge is -2.30. The van der Waals surface area contributed by atoms with E-state index >= 15 is 0 Å². The van der Waals surface area contributed by atoms with Crippen LogP contribution < -0.4 is 15.0 Å². The maximum absolute atomic E-state index is 13.3. The Hall–Kier alpha value is -2.28. The lowest BCUT2D eigenvalue weighted by Crippen LogP contribution is -2.48. The van der Waals surface area contributed by atoms with E-state index in [0.717, 1.165) is 57.4 Å². The molecule has 2 aromatic carbocycles. The second kappa shape index (κ2) is 10.5. The summed E-state index contributed by atoms with van der Waals surface area (Å²) < 4.78 is 5.84. The summed E-state index contributed by atoms with van der Waals surface area (Å²) in [6.45, 7) is 4.18. The van der Waals surface area contributed by atoms with Crippen LogP contribution in [-0.2, 0) is 4.79 Å². The van der Waals surface area contributed by atoms with E-state index in [-0.39, 0.29) is 17.9 Å². The molecule has 0 unspecified atom stereocenters. The molecule has 7 heteroatoms. The van der Waals surface area contributed by atoms with Gasteiger partial charge in [0.15, 0.2) is 0 Å². The normalized spacial score (nSPS) is 22.5. The summed E-state index contributed by atoms with van der Waals surface area (Å²) in [5, 5.41) is 15.0. The number of ether oxygens (including phenoxy) is 1. The first-order valence-corrected chi connectivity index (χ1v) is 12.9. The number of carbonyl (C=O) groups excluding carboxylic acids is 1. The molecule has 34 heavy (non-hydrogen) atoms. The molecule has 0 bridgehead atoms. The van der Waals surface area contributed by atoms with Crippen LogP contribution in [0.1, 0.15) is 43.8 Å². The van der Waals surface area contributed by atoms with E-state index in [1.807, 2.05) is 30.3 Å². The quantitative estimate of drug-likeness (QED) is 0.564. The molecule has 1 aliphatic carbocycles. The van der Waals surface area contributed by atoms with Gasteiger partial charge in [0.25, 0.3) is 0 Å². The monoisotopic (exact) mass is 483 g/mol. The maximum Gasteiger partial charge on any atom is 0.225 e. The highest BCUT2D eigenvalue weighted by atomic mass is 35.5. The average molecular weight is 484 g/mol. The van der Waals surface area contributed by atoms with Gasteiger partial charge in [-0.15, -0.1) is 0 Å². The smallest absolute Gasteiger partial charge is 0.225 e. The molecule has 182 valence electrons. The first-order chi connectivity index (χ1) is 16.6. The Balaban J connectivity index is 1.26. The third-order valence-electron chi connectivity index (χ3n) is 7.16. The highest BCUT2D eigenvalue weighted by Crippen LogP contribution is 2.34. The van der Waals surface area contributed by atoms with Gasteiger partial charge in [0.1, 0.15) is 11.9 Å². The van der Waals surface area contributed by atoms with Crippen LogP contribution in [0.4, 0.5) is 5.69 Å². The number of benzene rings is 2. The number of nitrogens with one attached hydrogen (secondary N) is 1. The molecule has 3 atom stereocenters. The Bertz CT molecular complexity index is 978. The van der Waals surface area contributed by atoms with Gasteiger partial charge in [-0.3, -0.25) is 4.79 Å². The minimum absolute atomic E-state index is 0.0152. The number of hydrogen-bond donors (Lipinski definition) is 2. The lowest BCUT2D eigenvalue weighted by atomic mass is 10.00. The fourth-order valence-corrected chi connectivity index (χ4v) is 5.24. The molecular weight excluding hydrogens is 450 g/mol. The summed E-state index contributed by atoms with van der Waals surface area (Å²) in [5.74, 6) is 0.583. The fraction of sp³-hybridized carbons (Fsp3) is 0.519. The van der Waals surface area contributed by atoms with Crippen molar-refractivity contribution in [1.29, 1.82) is 0 Å². The van der Waals surface area contributed by atoms with Crippen LogP contribution in [0.25, 0.3) is 0 Å². The van der Waals surface area contributed by atoms with Gasteiger partial charge in [-0.2, -0.15) is 0 Å². The van der Waals surface area contributed by atoms with E-state index in [9.17, 15) is 9.90 Å². The van der Waals surface area contributed by atoms with Gasteiger partial charge in [-0.25, -0.2) is 0 Å². The van der Waals surface area contributed by atoms with E-state index in [2.05, 4.69) is 27.2 Å². The first-order valence-electron chi connectivity index (χ1n) is 12.5. The molecule has 1 amide bonds. The third-order valence-corrected chi connectivity index (χ3v) is 7.45. The highest BCUT2D eigenvalue weighted by molar-refractivity contribution is 6.32. The predicted molar refractivity (Wildman–Crippen MR) is 134 cm³/mol. The second-order valence-electron chi connectivity index (χ2n) is 9.84. The van der Waals surface area contributed by atoms with Crippen molar-refractivity contribution in [2.24, 2.45) is 5.92 Å². The van der Waals surface area contributed by atoms with Gasteiger partial charge in [0.05, 0.1) is 23.1 Å². The van der Waals surface area contributed by atoms with Crippen molar-refractivity contribution in [2.75, 3.05) is 37.6 Å². The van der Waals surface area contributed by atoms with Gasteiger partial charge < -0.3 is 25.0 Å². The highest BCUT2D eigenvalue weighted by Gasteiger charge is 2.33. The molecule has 3 aliphatic rings. The number of aliphatic hydroxyl groups excluding tert-OH is 1. The molecule has 2 aromatic rings. The molecule has 2 saturated heterocycles. The van der Waals surface area contributed by atoms with Crippen LogP contribution in [0.2, 0.25) is 5.02 Å². The summed E-state index contributed by atoms with van der Waals surface area (Å²) in [6.07, 6.45) is 4.67. The summed E-state index contributed by atoms with van der Waals surface area (Å²) in [4.78, 5) is 17.9. The van der Waals surface area contributed by atoms with Crippen molar-refractivity contribution in [1.82, 2.24) is 10.2 Å². The first kappa shape index (κ1) is 23.5. The number of aliphatic hydroxyl groups is 1. The summed E-state index contributed by atoms with van der Waals surface area (Å²) in [7, 11) is 0. The molecule has 5 rings (SSSR count). The molecular formula is C27H34ClN3O3. The molecule has 2 N–H and O–H groups in total. The number of halogens is 1. The number of nitrogens with zero attached hydrogens (tertiary/aromatic N) is 2. The fourth-order valence-electron chi connectivity index (χ4n) is 5.01. The van der Waals surface area contributed by atoms with Crippen molar-refractivity contribution in [2.45, 2.75) is 50.4 Å². The van der Waals surface area contributed by atoms with Crippen LogP contribution in [0.15, 0.2) is 48.5 Å². The van der Waals surface area contributed by atoms with Gasteiger partial charge >= 0.3 is 0 Å². The molecule has 0 radical (unpaired) electrons. The van der Waals surface area contributed by atoms with E-state index in [1.54, 1.807) is 6.07 Å². The van der Waals surface area contributed by atoms with E-state index < -0.39 is 12.1 Å². The van der Waals surface area contributed by atoms with Crippen molar-refractivity contribution >= 4 is 23.2 Å². The zero-order valence-electron chi connectivity index (χ0n) is 19.5. The van der Waals surface area contributed by atoms with Gasteiger partial charge in [0.2, 0.25) is 5.91 Å². The summed E-state index contributed by atoms with van der Waals surface area (Å²) in [6, 6.07) is 15.3. The minimum Gasteiger partial charge on any atom is -0.489 e. The predicted octanol–water partition coefficient (Wildman–Crippen LogP) is 4.02. The lowest BCUT2D eigenvalue weighted by molar-refractivity contribution is -0.126. The van der Waals surface area contributed by atoms with Crippen molar-refractivity contribution in [3.63, 3.8) is 0 Å². The average Bonchev–Trinajstić information content (AvgIpc) is 3.30. The topological polar surface area (TPSA) is 65.0 Å². The largest absolute Gasteiger partial charge is 0.489 e. The zero-order valence-corrected chi connectivity index (χ0v) is 20.3. The van der Waals surface area contributed by atoms with E-state index in [0.29, 0.717) is 29.4 Å². The van der Waals surface area contributed by atoms with Crippen molar-refractivity contribution in [3.05, 3.63) is 59.1 Å². The van der Waals surface area contributed by atoms with Gasteiger partial charge in [0, 0.05) is 25.3 Å². The van der Waals surface area contributed by atoms with Crippen LogP contribution in [0.5, 0.6) is 5.75 Å². The second-order valence-corrected chi connectivity index (χ2v) is 10.2. The number of amides is 1. The van der Waals surface area contributed by atoms with Crippen molar-refractivity contribution < 1.29 is 14.6 Å². The number of anilines is 1. The Morgan fingerprint density at radius 1 is 1.09 bits per heavy atom. The van der Waals surface area contributed by atoms with Gasteiger partial charge in [-0.1, -0.05) is 35.9 Å². The Morgan fingerprint density at radius 3 is 2.56 bits per heavy atom. The molecule has 6 nitrogen and oxygen atoms in total. The number of para-hydroxylation sites is 1. The van der Waals surface area contributed by atoms with E-state index in [4.69, 9.17) is 16.3 Å². The molecule has 3 fully saturated rings. The zero-order chi connectivity index (χ0) is 23.5. The molecule has 0 aromatic heterocycles. The van der Waals surface area contributed by atoms with Crippen LogP contribution in [-0.4, -0.2) is 60.8 Å². The summed E-state index contributed by atoms with van der Waals surface area (Å²) >= 11 is 6.46. The van der Waals surface area contributed by atoms with Crippen molar-refractivity contribution in [3.8, 4) is 5.75 Å². The molecule has 1 saturated carbocycles. The van der Waals surface area contributed by atoms with E-state index in [1.165, 1.54) is 0 Å². The number of likely N-dealkylation sites (tertiary alicyclic amines) is 1.